The van der Waals surface area contributed by atoms with Crippen LogP contribution in [0, 0.1) is 0 Å². The lowest BCUT2D eigenvalue weighted by Gasteiger charge is -2.35. The normalized spacial score (nSPS) is 18.3. The zero-order chi connectivity index (χ0) is 21.7. The lowest BCUT2D eigenvalue weighted by molar-refractivity contribution is 0.170. The summed E-state index contributed by atoms with van der Waals surface area (Å²) < 4.78 is 13.6. The molecule has 164 valence electrons. The highest BCUT2D eigenvalue weighted by molar-refractivity contribution is 5.85. The van der Waals surface area contributed by atoms with Gasteiger partial charge in [0.2, 0.25) is 0 Å². The van der Waals surface area contributed by atoms with E-state index in [1.54, 1.807) is 0 Å². The third-order valence-corrected chi connectivity index (χ3v) is 6.59. The van der Waals surface area contributed by atoms with Gasteiger partial charge >= 0.3 is 0 Å². The van der Waals surface area contributed by atoms with E-state index in [1.165, 1.54) is 33.3 Å². The fourth-order valence-electron chi connectivity index (χ4n) is 5.04. The molecule has 6 rings (SSSR count). The fourth-order valence-corrected chi connectivity index (χ4v) is 5.04. The summed E-state index contributed by atoms with van der Waals surface area (Å²) >= 11 is 0. The van der Waals surface area contributed by atoms with Crippen molar-refractivity contribution in [1.82, 2.24) is 19.7 Å². The van der Waals surface area contributed by atoms with E-state index < -0.39 is 0 Å². The average Bonchev–Trinajstić information content (AvgIpc) is 3.44. The van der Waals surface area contributed by atoms with E-state index in [-0.39, 0.29) is 6.04 Å². The molecule has 1 unspecified atom stereocenters. The van der Waals surface area contributed by atoms with E-state index in [4.69, 9.17) is 9.47 Å². The molecule has 0 aliphatic carbocycles. The van der Waals surface area contributed by atoms with E-state index in [0.29, 0.717) is 19.3 Å². The van der Waals surface area contributed by atoms with Crippen LogP contribution in [0.1, 0.15) is 48.3 Å². The maximum Gasteiger partial charge on any atom is 0.161 e. The average molecular weight is 429 g/mol. The lowest BCUT2D eigenvalue weighted by Crippen LogP contribution is -2.35. The van der Waals surface area contributed by atoms with Crippen molar-refractivity contribution in [2.75, 3.05) is 19.8 Å². The van der Waals surface area contributed by atoms with Crippen molar-refractivity contribution < 1.29 is 9.47 Å². The maximum atomic E-state index is 5.83. The van der Waals surface area contributed by atoms with Gasteiger partial charge in [0.1, 0.15) is 13.2 Å². The quantitative estimate of drug-likeness (QED) is 0.504. The van der Waals surface area contributed by atoms with Gasteiger partial charge in [-0.05, 0) is 49.6 Å². The minimum Gasteiger partial charge on any atom is -0.486 e. The molecule has 0 spiro atoms. The number of aromatic nitrogens is 3. The first-order valence-electron chi connectivity index (χ1n) is 11.4. The van der Waals surface area contributed by atoms with Crippen LogP contribution in [0.4, 0.5) is 0 Å². The van der Waals surface area contributed by atoms with Crippen LogP contribution < -0.4 is 9.47 Å². The highest BCUT2D eigenvalue weighted by Gasteiger charge is 2.33. The molecule has 32 heavy (non-hydrogen) atoms. The third-order valence-electron chi connectivity index (χ3n) is 6.59. The first kappa shape index (κ1) is 19.4. The second-order valence-corrected chi connectivity index (χ2v) is 9.01. The van der Waals surface area contributed by atoms with Crippen LogP contribution in [-0.4, -0.2) is 39.4 Å². The number of aromatic amines is 1. The zero-order valence-electron chi connectivity index (χ0n) is 18.5. The van der Waals surface area contributed by atoms with Gasteiger partial charge in [0.05, 0.1) is 12.2 Å². The van der Waals surface area contributed by atoms with Crippen LogP contribution in [0.5, 0.6) is 11.5 Å². The SMILES string of the molecule is CC(C)n1cc(C2c3[nH]c4ccccc4c3CCN2Cc2ccc3c(c2)OCCO3)cn1. The minimum absolute atomic E-state index is 0.131. The molecule has 4 heterocycles. The first-order chi connectivity index (χ1) is 15.7. The summed E-state index contributed by atoms with van der Waals surface area (Å²) in [5.74, 6) is 1.69. The summed E-state index contributed by atoms with van der Waals surface area (Å²) in [6.45, 7) is 7.38. The van der Waals surface area contributed by atoms with Crippen molar-refractivity contribution in [1.29, 1.82) is 0 Å². The molecule has 2 aliphatic rings. The van der Waals surface area contributed by atoms with Gasteiger partial charge < -0.3 is 14.5 Å². The van der Waals surface area contributed by atoms with Gasteiger partial charge in [-0.2, -0.15) is 5.10 Å². The molecule has 6 heteroatoms. The van der Waals surface area contributed by atoms with Gasteiger partial charge in [-0.15, -0.1) is 0 Å². The van der Waals surface area contributed by atoms with E-state index in [0.717, 1.165) is 31.0 Å². The van der Waals surface area contributed by atoms with E-state index in [2.05, 4.69) is 76.1 Å². The summed E-state index contributed by atoms with van der Waals surface area (Å²) in [6, 6.07) is 15.4. The van der Waals surface area contributed by atoms with Crippen LogP contribution >= 0.6 is 0 Å². The van der Waals surface area contributed by atoms with Gasteiger partial charge in [0, 0.05) is 47.5 Å². The molecular weight excluding hydrogens is 400 g/mol. The predicted octanol–water partition coefficient (Wildman–Crippen LogP) is 4.86. The van der Waals surface area contributed by atoms with Crippen molar-refractivity contribution in [3.8, 4) is 11.5 Å². The van der Waals surface area contributed by atoms with E-state index in [9.17, 15) is 0 Å². The molecule has 0 radical (unpaired) electrons. The number of para-hydroxylation sites is 1. The topological polar surface area (TPSA) is 55.3 Å². The third kappa shape index (κ3) is 3.26. The number of fused-ring (bicyclic) bond motifs is 4. The monoisotopic (exact) mass is 428 g/mol. The number of H-pyrrole nitrogens is 1. The van der Waals surface area contributed by atoms with Crippen LogP contribution in [0.3, 0.4) is 0 Å². The molecule has 0 fully saturated rings. The molecule has 2 aromatic heterocycles. The van der Waals surface area contributed by atoms with Gasteiger partial charge in [-0.3, -0.25) is 9.58 Å². The van der Waals surface area contributed by atoms with Crippen LogP contribution in [-0.2, 0) is 13.0 Å². The Bertz CT molecular complexity index is 1270. The van der Waals surface area contributed by atoms with E-state index in [1.807, 2.05) is 12.3 Å². The maximum absolute atomic E-state index is 5.83. The standard InChI is InChI=1S/C26H28N4O2/c1-17(2)30-16-19(14-27-30)26-25-21(20-5-3-4-6-22(20)28-25)9-10-29(26)15-18-7-8-23-24(13-18)32-12-11-31-23/h3-8,13-14,16-17,26,28H,9-12,15H2,1-2H3. The largest absolute Gasteiger partial charge is 0.486 e. The molecule has 0 saturated carbocycles. The highest BCUT2D eigenvalue weighted by Crippen LogP contribution is 2.40. The molecule has 0 amide bonds. The summed E-state index contributed by atoms with van der Waals surface area (Å²) in [6.07, 6.45) is 5.26. The Kier molecular flexibility index (Phi) is 4.68. The minimum atomic E-state index is 0.131. The Hall–Kier alpha value is -3.25. The fraction of sp³-hybridized carbons (Fsp3) is 0.346. The number of hydrogen-bond donors (Lipinski definition) is 1. The first-order valence-corrected chi connectivity index (χ1v) is 11.4. The van der Waals surface area contributed by atoms with Gasteiger partial charge in [0.15, 0.2) is 11.5 Å². The van der Waals surface area contributed by atoms with E-state index >= 15 is 0 Å². The van der Waals surface area contributed by atoms with Gasteiger partial charge in [0.25, 0.3) is 0 Å². The van der Waals surface area contributed by atoms with Crippen molar-refractivity contribution in [3.05, 3.63) is 77.2 Å². The second kappa shape index (κ2) is 7.71. The van der Waals surface area contributed by atoms with Crippen LogP contribution in [0.15, 0.2) is 54.9 Å². The van der Waals surface area contributed by atoms with Crippen molar-refractivity contribution in [2.24, 2.45) is 0 Å². The molecule has 0 bridgehead atoms. The Labute approximate surface area is 187 Å². The number of rotatable bonds is 4. The van der Waals surface area contributed by atoms with Gasteiger partial charge in [-0.1, -0.05) is 24.3 Å². The molecule has 2 aromatic carbocycles. The summed E-state index contributed by atoms with van der Waals surface area (Å²) in [4.78, 5) is 6.29. The molecule has 4 aromatic rings. The Balaban J connectivity index is 1.41. The second-order valence-electron chi connectivity index (χ2n) is 9.01. The number of benzene rings is 2. The Morgan fingerprint density at radius 1 is 1.09 bits per heavy atom. The molecule has 1 N–H and O–H groups in total. The predicted molar refractivity (Wildman–Crippen MR) is 124 cm³/mol. The Morgan fingerprint density at radius 3 is 2.78 bits per heavy atom. The lowest BCUT2D eigenvalue weighted by atomic mass is 9.93. The molecule has 2 aliphatic heterocycles. The number of hydrogen-bond acceptors (Lipinski definition) is 4. The summed E-state index contributed by atoms with van der Waals surface area (Å²) in [5, 5.41) is 5.99. The molecule has 0 saturated heterocycles. The number of ether oxygens (including phenoxy) is 2. The smallest absolute Gasteiger partial charge is 0.161 e. The summed E-state index contributed by atoms with van der Waals surface area (Å²) in [5.41, 5.74) is 6.39. The molecule has 1 atom stereocenters. The highest BCUT2D eigenvalue weighted by atomic mass is 16.6. The zero-order valence-corrected chi connectivity index (χ0v) is 18.5. The van der Waals surface area contributed by atoms with Crippen LogP contribution in [0.2, 0.25) is 0 Å². The van der Waals surface area contributed by atoms with Gasteiger partial charge in [-0.25, -0.2) is 0 Å². The number of nitrogens with one attached hydrogen (secondary N) is 1. The molecular formula is C26H28N4O2. The number of nitrogens with zero attached hydrogens (tertiary/aromatic N) is 3. The van der Waals surface area contributed by atoms with Crippen molar-refractivity contribution >= 4 is 10.9 Å². The molecule has 6 nitrogen and oxygen atoms in total. The van der Waals surface area contributed by atoms with Crippen LogP contribution in [0.25, 0.3) is 10.9 Å². The Morgan fingerprint density at radius 2 is 1.94 bits per heavy atom. The van der Waals surface area contributed by atoms with Crippen molar-refractivity contribution in [2.45, 2.75) is 38.9 Å². The van der Waals surface area contributed by atoms with Crippen molar-refractivity contribution in [3.63, 3.8) is 0 Å². The summed E-state index contributed by atoms with van der Waals surface area (Å²) in [7, 11) is 0.